The van der Waals surface area contributed by atoms with Gasteiger partial charge in [0.2, 0.25) is 10.5 Å². The molecular weight excluding hydrogens is 304 g/mol. The van der Waals surface area contributed by atoms with Crippen molar-refractivity contribution in [3.63, 3.8) is 0 Å². The molecule has 91 valence electrons. The number of rotatable bonds is 6. The van der Waals surface area contributed by atoms with Crippen LogP contribution in [0.5, 0.6) is 0 Å². The van der Waals surface area contributed by atoms with Crippen molar-refractivity contribution < 1.29 is 12.3 Å². The molecule has 0 spiro atoms. The van der Waals surface area contributed by atoms with Crippen LogP contribution in [0.4, 0.5) is 0 Å². The van der Waals surface area contributed by atoms with Crippen LogP contribution in [0.15, 0.2) is 42.5 Å². The highest BCUT2D eigenvalue weighted by Crippen LogP contribution is 2.12. The quantitative estimate of drug-likeness (QED) is 0.572. The number of fused-ring (bicyclic) bond motifs is 1. The summed E-state index contributed by atoms with van der Waals surface area (Å²) in [4.78, 5) is 0. The van der Waals surface area contributed by atoms with Crippen molar-refractivity contribution >= 4 is 57.6 Å². The standard InChI is InChI=1S/C12H9O3Si4/c16-13-18-15-19-14-17-12-9-5-7-10-6-3-1-2-4-8-11(10)12/h1-9H. The highest BCUT2D eigenvalue weighted by atomic mass is 28.4. The Morgan fingerprint density at radius 2 is 1.74 bits per heavy atom. The fourth-order valence-corrected chi connectivity index (χ4v) is 3.91. The first-order valence-electron chi connectivity index (χ1n) is 5.46. The molecule has 0 aliphatic heterocycles. The predicted octanol–water partition coefficient (Wildman–Crippen LogP) is 0.729. The van der Waals surface area contributed by atoms with E-state index in [9.17, 15) is 0 Å². The Morgan fingerprint density at radius 3 is 2.58 bits per heavy atom. The van der Waals surface area contributed by atoms with Crippen molar-refractivity contribution in [2.75, 3.05) is 0 Å². The van der Waals surface area contributed by atoms with Gasteiger partial charge in [-0.1, -0.05) is 54.7 Å². The van der Waals surface area contributed by atoms with Crippen molar-refractivity contribution in [2.45, 2.75) is 0 Å². The van der Waals surface area contributed by atoms with E-state index < -0.39 is 0 Å². The molecule has 0 unspecified atom stereocenters. The molecule has 0 heterocycles. The summed E-state index contributed by atoms with van der Waals surface area (Å²) >= 11 is 0. The third-order valence-corrected chi connectivity index (χ3v) is 4.74. The van der Waals surface area contributed by atoms with E-state index in [1.807, 2.05) is 30.4 Å². The van der Waals surface area contributed by atoms with Crippen molar-refractivity contribution in [3.05, 3.63) is 53.6 Å². The van der Waals surface area contributed by atoms with Gasteiger partial charge in [-0.2, -0.15) is 0 Å². The molecule has 1 aromatic rings. The van der Waals surface area contributed by atoms with E-state index in [-0.39, 0.29) is 29.8 Å². The van der Waals surface area contributed by atoms with Crippen molar-refractivity contribution in [3.8, 4) is 0 Å². The van der Waals surface area contributed by atoms with E-state index in [1.54, 1.807) is 0 Å². The minimum absolute atomic E-state index is 0.0128. The van der Waals surface area contributed by atoms with E-state index in [0.717, 1.165) is 0 Å². The monoisotopic (exact) mass is 313 g/mol. The third kappa shape index (κ3) is 4.65. The second-order valence-electron chi connectivity index (χ2n) is 3.49. The zero-order chi connectivity index (χ0) is 13.3. The minimum Gasteiger partial charge on any atom is -0.435 e. The van der Waals surface area contributed by atoms with Gasteiger partial charge in [0.25, 0.3) is 9.76 Å². The summed E-state index contributed by atoms with van der Waals surface area (Å²) in [6.07, 6.45) is 12.3. The van der Waals surface area contributed by atoms with Gasteiger partial charge in [-0.3, -0.25) is 0 Å². The summed E-state index contributed by atoms with van der Waals surface area (Å²) in [5.74, 6) is 0. The van der Waals surface area contributed by atoms with Gasteiger partial charge in [0.05, 0.1) is 0 Å². The normalized spacial score (nSPS) is 13.1. The summed E-state index contributed by atoms with van der Waals surface area (Å²) in [5.41, 5.74) is 2.40. The molecule has 0 aromatic heterocycles. The van der Waals surface area contributed by atoms with Gasteiger partial charge in [-0.05, 0) is 16.3 Å². The average Bonchev–Trinajstić information content (AvgIpc) is 2.39. The molecule has 0 saturated heterocycles. The smallest absolute Gasteiger partial charge is 0.411 e. The van der Waals surface area contributed by atoms with E-state index >= 15 is 0 Å². The molecule has 1 aromatic carbocycles. The fourth-order valence-electron chi connectivity index (χ4n) is 1.58. The maximum atomic E-state index is 5.52. The van der Waals surface area contributed by atoms with Gasteiger partial charge in [0.1, 0.15) is 0 Å². The summed E-state index contributed by atoms with van der Waals surface area (Å²) in [5, 5.41) is 1.17. The highest BCUT2D eigenvalue weighted by Gasteiger charge is 2.07. The van der Waals surface area contributed by atoms with Crippen LogP contribution in [0.1, 0.15) is 11.1 Å². The maximum absolute atomic E-state index is 5.52. The second-order valence-corrected chi connectivity index (χ2v) is 7.01. The number of hydrogen-bond acceptors (Lipinski definition) is 3. The topological polar surface area (TPSA) is 27.7 Å². The average molecular weight is 314 g/mol. The molecular formula is C12H9O3Si4. The second kappa shape index (κ2) is 8.38. The number of allylic oxidation sites excluding steroid dienone is 4. The van der Waals surface area contributed by atoms with E-state index in [2.05, 4.69) is 38.9 Å². The molecule has 0 N–H and O–H groups in total. The van der Waals surface area contributed by atoms with Crippen molar-refractivity contribution in [1.29, 1.82) is 0 Å². The lowest BCUT2D eigenvalue weighted by molar-refractivity contribution is 0.441. The molecule has 0 bridgehead atoms. The zero-order valence-corrected chi connectivity index (χ0v) is 13.9. The van der Waals surface area contributed by atoms with Crippen molar-refractivity contribution in [1.82, 2.24) is 0 Å². The van der Waals surface area contributed by atoms with Gasteiger partial charge in [-0.25, -0.2) is 0 Å². The lowest BCUT2D eigenvalue weighted by Crippen LogP contribution is -2.24. The third-order valence-electron chi connectivity index (χ3n) is 2.34. The van der Waals surface area contributed by atoms with Crippen LogP contribution >= 0.6 is 0 Å². The van der Waals surface area contributed by atoms with Crippen LogP contribution in [-0.2, 0) is 12.3 Å². The summed E-state index contributed by atoms with van der Waals surface area (Å²) < 4.78 is 15.3. The molecule has 0 saturated carbocycles. The Morgan fingerprint density at radius 1 is 0.895 bits per heavy atom. The van der Waals surface area contributed by atoms with Crippen molar-refractivity contribution in [2.24, 2.45) is 0 Å². The molecule has 1 aliphatic rings. The van der Waals surface area contributed by atoms with Gasteiger partial charge in [-0.15, -0.1) is 0 Å². The predicted molar refractivity (Wildman–Crippen MR) is 79.6 cm³/mol. The fraction of sp³-hybridized carbons (Fsp3) is 0. The molecule has 0 fully saturated rings. The summed E-state index contributed by atoms with van der Waals surface area (Å²) in [7, 11) is 3.08. The van der Waals surface area contributed by atoms with Crippen LogP contribution in [0, 0.1) is 0 Å². The van der Waals surface area contributed by atoms with Gasteiger partial charge in [0.15, 0.2) is 0 Å². The van der Waals surface area contributed by atoms with Crippen LogP contribution in [0.2, 0.25) is 0 Å². The summed E-state index contributed by atoms with van der Waals surface area (Å²) in [6, 6.07) is 6.22. The van der Waals surface area contributed by atoms with Crippen LogP contribution in [-0.4, -0.2) is 40.3 Å². The van der Waals surface area contributed by atoms with Gasteiger partial charge in [0, 0.05) is 0 Å². The molecule has 0 amide bonds. The Hall–Kier alpha value is -0.812. The highest BCUT2D eigenvalue weighted by molar-refractivity contribution is 6.55. The van der Waals surface area contributed by atoms with Crippen LogP contribution in [0.3, 0.4) is 0 Å². The van der Waals surface area contributed by atoms with Gasteiger partial charge >= 0.3 is 20.0 Å². The lowest BCUT2D eigenvalue weighted by Gasteiger charge is -2.09. The molecule has 19 heavy (non-hydrogen) atoms. The first kappa shape index (κ1) is 14.6. The Balaban J connectivity index is 2.03. The van der Waals surface area contributed by atoms with E-state index in [1.165, 1.54) is 16.3 Å². The number of benzene rings is 1. The minimum atomic E-state index is -0.0421. The number of hydrogen-bond donors (Lipinski definition) is 0. The van der Waals surface area contributed by atoms with Crippen LogP contribution in [0.25, 0.3) is 12.2 Å². The summed E-state index contributed by atoms with van der Waals surface area (Å²) in [6.45, 7) is 0. The first-order valence-corrected chi connectivity index (χ1v) is 8.41. The van der Waals surface area contributed by atoms with Crippen LogP contribution < -0.4 is 5.19 Å². The Bertz CT molecular complexity index is 500. The SMILES string of the molecule is [Si]O[Si]O[Si]O[Si]c1cccc2c1C=CC=CC=C2. The molecule has 3 nitrogen and oxygen atoms in total. The molecule has 7 heteroatoms. The largest absolute Gasteiger partial charge is 0.435 e. The Labute approximate surface area is 124 Å². The van der Waals surface area contributed by atoms with E-state index in [0.29, 0.717) is 0 Å². The molecule has 0 atom stereocenters. The van der Waals surface area contributed by atoms with E-state index in [4.69, 9.17) is 8.23 Å². The lowest BCUT2D eigenvalue weighted by atomic mass is 10.1. The van der Waals surface area contributed by atoms with Gasteiger partial charge < -0.3 is 12.3 Å². The maximum Gasteiger partial charge on any atom is 0.411 e. The first-order chi connectivity index (χ1) is 9.42. The zero-order valence-electron chi connectivity index (χ0n) is 9.92. The Kier molecular flexibility index (Phi) is 6.43. The molecule has 1 aliphatic carbocycles. The molecule has 2 rings (SSSR count). The molecule has 9 radical (unpaired) electrons.